The number of amidine groups is 1. The number of thioether (sulfide) groups is 1. The van der Waals surface area contributed by atoms with E-state index < -0.39 is 12.0 Å². The minimum atomic E-state index is -0.553. The number of likely N-dealkylation sites (N-methyl/N-ethyl adjacent to an activating group) is 1. The van der Waals surface area contributed by atoms with Gasteiger partial charge in [0.2, 0.25) is 5.91 Å². The van der Waals surface area contributed by atoms with Gasteiger partial charge in [-0.3, -0.25) is 4.79 Å². The maximum Gasteiger partial charge on any atom is 0.338 e. The third-order valence-corrected chi connectivity index (χ3v) is 5.79. The molecule has 2 aliphatic rings. The van der Waals surface area contributed by atoms with E-state index in [9.17, 15) is 14.0 Å². The monoisotopic (exact) mass is 446 g/mol. The van der Waals surface area contributed by atoms with Gasteiger partial charge in [-0.1, -0.05) is 23.9 Å². The second-order valence-electron chi connectivity index (χ2n) is 7.50. The van der Waals surface area contributed by atoms with Gasteiger partial charge in [0.1, 0.15) is 5.82 Å². The number of benzene rings is 1. The van der Waals surface area contributed by atoms with E-state index >= 15 is 0 Å². The summed E-state index contributed by atoms with van der Waals surface area (Å²) in [5.41, 5.74) is 2.39. The molecule has 0 aliphatic carbocycles. The van der Waals surface area contributed by atoms with E-state index in [1.165, 1.54) is 23.9 Å². The molecule has 31 heavy (non-hydrogen) atoms. The molecule has 0 radical (unpaired) electrons. The Labute approximate surface area is 186 Å². The fraction of sp³-hybridized carbons (Fsp3) is 0.409. The van der Waals surface area contributed by atoms with E-state index in [1.54, 1.807) is 26.0 Å². The highest BCUT2D eigenvalue weighted by Gasteiger charge is 2.41. The molecule has 2 heterocycles. The molecule has 3 rings (SSSR count). The Morgan fingerprint density at radius 2 is 2.00 bits per heavy atom. The average Bonchev–Trinajstić information content (AvgIpc) is 3.09. The Bertz CT molecular complexity index is 941. The zero-order valence-corrected chi connectivity index (χ0v) is 19.0. The van der Waals surface area contributed by atoms with Crippen molar-refractivity contribution < 1.29 is 18.7 Å². The van der Waals surface area contributed by atoms with Gasteiger partial charge in [-0.25, -0.2) is 14.2 Å². The summed E-state index contributed by atoms with van der Waals surface area (Å²) in [7, 11) is 3.88. The van der Waals surface area contributed by atoms with Crippen LogP contribution in [0, 0.1) is 5.82 Å². The molecule has 0 spiro atoms. The largest absolute Gasteiger partial charge is 0.463 e. The van der Waals surface area contributed by atoms with Crippen molar-refractivity contribution in [3.63, 3.8) is 0 Å². The molecule has 166 valence electrons. The zero-order chi connectivity index (χ0) is 22.5. The van der Waals surface area contributed by atoms with Gasteiger partial charge in [-0.2, -0.15) is 0 Å². The molecule has 0 saturated carbocycles. The number of amides is 1. The summed E-state index contributed by atoms with van der Waals surface area (Å²) in [6.45, 7) is 5.02. The number of halogens is 1. The van der Waals surface area contributed by atoms with E-state index in [4.69, 9.17) is 4.74 Å². The van der Waals surface area contributed by atoms with E-state index in [-0.39, 0.29) is 24.8 Å². The first-order chi connectivity index (χ1) is 14.8. The Hall–Kier alpha value is -2.65. The Kier molecular flexibility index (Phi) is 7.50. The molecule has 1 N–H and O–H groups in total. The summed E-state index contributed by atoms with van der Waals surface area (Å²) in [5, 5.41) is 5.47. The average molecular weight is 447 g/mol. The van der Waals surface area contributed by atoms with Crippen LogP contribution in [0.2, 0.25) is 0 Å². The summed E-state index contributed by atoms with van der Waals surface area (Å²) in [4.78, 5) is 33.8. The van der Waals surface area contributed by atoms with E-state index in [2.05, 4.69) is 10.3 Å². The van der Waals surface area contributed by atoms with Crippen LogP contribution in [-0.4, -0.2) is 60.6 Å². The molecular formula is C22H27FN4O3S. The molecular weight excluding hydrogens is 419 g/mol. The molecule has 7 nitrogen and oxygen atoms in total. The maximum absolute atomic E-state index is 13.6. The van der Waals surface area contributed by atoms with Crippen molar-refractivity contribution in [1.82, 2.24) is 15.1 Å². The van der Waals surface area contributed by atoms with Crippen LogP contribution in [0.1, 0.15) is 31.9 Å². The van der Waals surface area contributed by atoms with E-state index in [1.807, 2.05) is 29.3 Å². The summed E-state index contributed by atoms with van der Waals surface area (Å²) in [6.07, 6.45) is 0.145. The molecule has 1 aromatic carbocycles. The first kappa shape index (κ1) is 23.0. The quantitative estimate of drug-likeness (QED) is 0.619. The first-order valence-corrected chi connectivity index (χ1v) is 11.0. The van der Waals surface area contributed by atoms with Crippen LogP contribution in [0.3, 0.4) is 0 Å². The van der Waals surface area contributed by atoms with Gasteiger partial charge in [0.15, 0.2) is 5.17 Å². The number of carbonyl (C=O) groups excluding carboxylic acids is 2. The summed E-state index contributed by atoms with van der Waals surface area (Å²) in [5.74, 6) is -0.945. The lowest BCUT2D eigenvalue weighted by Gasteiger charge is -2.36. The standard InChI is InChI=1S/C22H27FN4O3S/c1-5-30-21(29)19-14(2)25-22-27(20(19)15-6-8-16(23)9-7-15)17(13-31-22)12-18(28)24-10-11-26(3)4/h6-9,13,20H,5,10-12H2,1-4H3,(H,24,28). The highest BCUT2D eigenvalue weighted by atomic mass is 32.2. The number of carbonyl (C=O) groups is 2. The van der Waals surface area contributed by atoms with Crippen molar-refractivity contribution >= 4 is 28.8 Å². The molecule has 0 saturated heterocycles. The zero-order valence-electron chi connectivity index (χ0n) is 18.1. The van der Waals surface area contributed by atoms with Gasteiger partial charge in [0, 0.05) is 18.8 Å². The lowest BCUT2D eigenvalue weighted by atomic mass is 9.94. The molecule has 9 heteroatoms. The Morgan fingerprint density at radius 3 is 2.65 bits per heavy atom. The second-order valence-corrected chi connectivity index (χ2v) is 8.33. The maximum atomic E-state index is 13.6. The number of aliphatic imine (C=N–C) groups is 1. The Morgan fingerprint density at radius 1 is 1.29 bits per heavy atom. The van der Waals surface area contributed by atoms with Gasteiger partial charge in [0.25, 0.3) is 0 Å². The molecule has 1 unspecified atom stereocenters. The molecule has 0 fully saturated rings. The number of nitrogens with one attached hydrogen (secondary N) is 1. The number of ether oxygens (including phenoxy) is 1. The molecule has 0 bridgehead atoms. The van der Waals surface area contributed by atoms with Gasteiger partial charge in [0.05, 0.1) is 30.3 Å². The number of allylic oxidation sites excluding steroid dienone is 1. The second kappa shape index (κ2) is 10.1. The van der Waals surface area contributed by atoms with Crippen LogP contribution < -0.4 is 5.32 Å². The number of esters is 1. The topological polar surface area (TPSA) is 74.2 Å². The molecule has 2 aliphatic heterocycles. The number of hydrogen-bond donors (Lipinski definition) is 1. The number of rotatable bonds is 8. The van der Waals surface area contributed by atoms with Crippen molar-refractivity contribution in [2.24, 2.45) is 4.99 Å². The minimum Gasteiger partial charge on any atom is -0.463 e. The highest BCUT2D eigenvalue weighted by Crippen LogP contribution is 2.44. The van der Waals surface area contributed by atoms with Gasteiger partial charge < -0.3 is 19.9 Å². The van der Waals surface area contributed by atoms with Crippen molar-refractivity contribution in [1.29, 1.82) is 0 Å². The highest BCUT2D eigenvalue weighted by molar-refractivity contribution is 8.16. The molecule has 1 amide bonds. The van der Waals surface area contributed by atoms with Crippen LogP contribution in [0.5, 0.6) is 0 Å². The molecule has 1 atom stereocenters. The normalized spacial score (nSPS) is 18.0. The SMILES string of the molecule is CCOC(=O)C1=C(C)N=C2SC=C(CC(=O)NCCN(C)C)N2C1c1ccc(F)cc1. The fourth-order valence-electron chi connectivity index (χ4n) is 3.45. The summed E-state index contributed by atoms with van der Waals surface area (Å²) >= 11 is 1.40. The van der Waals surface area contributed by atoms with Gasteiger partial charge >= 0.3 is 5.97 Å². The first-order valence-electron chi connectivity index (χ1n) is 10.1. The van der Waals surface area contributed by atoms with Crippen molar-refractivity contribution in [2.45, 2.75) is 26.3 Å². The number of fused-ring (bicyclic) bond motifs is 1. The van der Waals surface area contributed by atoms with Gasteiger partial charge in [-0.05, 0) is 51.0 Å². The molecule has 1 aromatic rings. The van der Waals surface area contributed by atoms with Crippen molar-refractivity contribution in [3.05, 3.63) is 58.0 Å². The number of nitrogens with zero attached hydrogens (tertiary/aromatic N) is 3. The minimum absolute atomic E-state index is 0.114. The van der Waals surface area contributed by atoms with Crippen molar-refractivity contribution in [2.75, 3.05) is 33.8 Å². The summed E-state index contributed by atoms with van der Waals surface area (Å²) < 4.78 is 18.9. The fourth-order valence-corrected chi connectivity index (χ4v) is 4.41. The van der Waals surface area contributed by atoms with E-state index in [0.29, 0.717) is 23.0 Å². The third kappa shape index (κ3) is 5.34. The summed E-state index contributed by atoms with van der Waals surface area (Å²) in [6, 6.07) is 5.46. The van der Waals surface area contributed by atoms with Crippen LogP contribution in [0.25, 0.3) is 0 Å². The van der Waals surface area contributed by atoms with Crippen LogP contribution in [0.15, 0.2) is 51.6 Å². The predicted octanol–water partition coefficient (Wildman–Crippen LogP) is 3.03. The Balaban J connectivity index is 1.91. The van der Waals surface area contributed by atoms with Crippen LogP contribution >= 0.6 is 11.8 Å². The van der Waals surface area contributed by atoms with Crippen molar-refractivity contribution in [3.8, 4) is 0 Å². The van der Waals surface area contributed by atoms with Gasteiger partial charge in [-0.15, -0.1) is 0 Å². The smallest absolute Gasteiger partial charge is 0.338 e. The van der Waals surface area contributed by atoms with Crippen LogP contribution in [-0.2, 0) is 14.3 Å². The number of hydrogen-bond acceptors (Lipinski definition) is 7. The van der Waals surface area contributed by atoms with E-state index in [0.717, 1.165) is 17.8 Å². The molecule has 0 aromatic heterocycles. The predicted molar refractivity (Wildman–Crippen MR) is 120 cm³/mol. The van der Waals surface area contributed by atoms with Crippen LogP contribution in [0.4, 0.5) is 4.39 Å². The lowest BCUT2D eigenvalue weighted by molar-refractivity contribution is -0.139. The third-order valence-electron chi connectivity index (χ3n) is 4.90. The lowest BCUT2D eigenvalue weighted by Crippen LogP contribution is -2.38.